The SMILES string of the molecule is NC(=O)NC(=O)NNC(=O)F. The van der Waals surface area contributed by atoms with Crippen molar-refractivity contribution in [1.29, 1.82) is 0 Å². The van der Waals surface area contributed by atoms with Crippen LogP contribution in [0.4, 0.5) is 18.8 Å². The number of halogens is 1. The molecule has 0 heterocycles. The second kappa shape index (κ2) is 4.04. The summed E-state index contributed by atoms with van der Waals surface area (Å²) in [5.74, 6) is 0. The molecule has 0 bridgehead atoms. The predicted octanol–water partition coefficient (Wildman–Crippen LogP) is -1.04. The summed E-state index contributed by atoms with van der Waals surface area (Å²) in [6, 6.07) is -2.24. The van der Waals surface area contributed by atoms with Crippen LogP contribution in [0, 0.1) is 0 Å². The van der Waals surface area contributed by atoms with Crippen molar-refractivity contribution >= 4 is 18.2 Å². The van der Waals surface area contributed by atoms with Gasteiger partial charge in [0.15, 0.2) is 0 Å². The maximum Gasteiger partial charge on any atom is 0.416 e. The molecule has 0 aromatic heterocycles. The maximum atomic E-state index is 11.3. The summed E-state index contributed by atoms with van der Waals surface area (Å²) in [5, 5.41) is 1.51. The number of hydrogen-bond donors (Lipinski definition) is 4. The summed E-state index contributed by atoms with van der Waals surface area (Å²) in [6.07, 6.45) is -1.95. The molecule has 0 radical (unpaired) electrons. The highest BCUT2D eigenvalue weighted by atomic mass is 19.1. The number of nitrogens with two attached hydrogens (primary N) is 1. The van der Waals surface area contributed by atoms with Crippen LogP contribution in [0.2, 0.25) is 0 Å². The van der Waals surface area contributed by atoms with Gasteiger partial charge in [-0.2, -0.15) is 0 Å². The Kier molecular flexibility index (Phi) is 3.35. The van der Waals surface area contributed by atoms with Gasteiger partial charge in [0, 0.05) is 0 Å². The van der Waals surface area contributed by atoms with Crippen LogP contribution in [0.3, 0.4) is 0 Å². The van der Waals surface area contributed by atoms with Crippen LogP contribution in [0.1, 0.15) is 0 Å². The van der Waals surface area contributed by atoms with Crippen LogP contribution >= 0.6 is 0 Å². The molecule has 0 spiro atoms. The fraction of sp³-hybridized carbons (Fsp3) is 0. The van der Waals surface area contributed by atoms with Crippen molar-refractivity contribution in [3.8, 4) is 0 Å². The standard InChI is InChI=1S/C3H5FN4O3/c4-1(9)7-8-3(11)6-2(5)10/h(H,7,9)(H4,5,6,8,10,11). The van der Waals surface area contributed by atoms with Gasteiger partial charge in [0.05, 0.1) is 0 Å². The Balaban J connectivity index is 3.53. The quantitative estimate of drug-likeness (QED) is 0.208. The molecule has 0 aromatic carbocycles. The number of hydrazine groups is 1. The number of imide groups is 1. The monoisotopic (exact) mass is 164 g/mol. The summed E-state index contributed by atoms with van der Waals surface area (Å²) in [5.41, 5.74) is 7.25. The van der Waals surface area contributed by atoms with Crippen molar-refractivity contribution in [3.05, 3.63) is 0 Å². The zero-order chi connectivity index (χ0) is 8.85. The van der Waals surface area contributed by atoms with Gasteiger partial charge in [0.1, 0.15) is 0 Å². The van der Waals surface area contributed by atoms with E-state index in [1.807, 2.05) is 0 Å². The van der Waals surface area contributed by atoms with E-state index < -0.39 is 18.2 Å². The molecule has 0 saturated carbocycles. The molecule has 0 aliphatic rings. The van der Waals surface area contributed by atoms with E-state index in [-0.39, 0.29) is 0 Å². The van der Waals surface area contributed by atoms with E-state index in [0.29, 0.717) is 0 Å². The number of carbonyl (C=O) groups is 3. The first-order chi connectivity index (χ1) is 5.02. The second-order valence-electron chi connectivity index (χ2n) is 1.34. The summed E-state index contributed by atoms with van der Waals surface area (Å²) in [7, 11) is 0. The molecule has 0 atom stereocenters. The van der Waals surface area contributed by atoms with Gasteiger partial charge in [-0.3, -0.25) is 5.32 Å². The van der Waals surface area contributed by atoms with Gasteiger partial charge in [0.2, 0.25) is 0 Å². The van der Waals surface area contributed by atoms with Crippen molar-refractivity contribution in [2.75, 3.05) is 0 Å². The Bertz CT molecular complexity index is 193. The van der Waals surface area contributed by atoms with Gasteiger partial charge in [-0.05, 0) is 0 Å². The minimum atomic E-state index is -1.95. The highest BCUT2D eigenvalue weighted by Crippen LogP contribution is 1.65. The fourth-order valence-corrected chi connectivity index (χ4v) is 0.249. The zero-order valence-corrected chi connectivity index (χ0v) is 5.18. The Hall–Kier alpha value is -1.86. The third-order valence-corrected chi connectivity index (χ3v) is 0.511. The van der Waals surface area contributed by atoms with E-state index in [1.165, 1.54) is 16.2 Å². The lowest BCUT2D eigenvalue weighted by molar-refractivity contribution is 0.209. The molecule has 8 heteroatoms. The van der Waals surface area contributed by atoms with Crippen molar-refractivity contribution in [1.82, 2.24) is 16.2 Å². The van der Waals surface area contributed by atoms with Gasteiger partial charge >= 0.3 is 18.2 Å². The number of primary amides is 1. The smallest absolute Gasteiger partial charge is 0.351 e. The van der Waals surface area contributed by atoms with Crippen molar-refractivity contribution in [3.63, 3.8) is 0 Å². The lowest BCUT2D eigenvalue weighted by Crippen LogP contribution is -2.48. The first-order valence-corrected chi connectivity index (χ1v) is 2.34. The van der Waals surface area contributed by atoms with E-state index in [9.17, 15) is 18.8 Å². The largest absolute Gasteiger partial charge is 0.416 e. The summed E-state index contributed by atoms with van der Waals surface area (Å²) in [6.45, 7) is 0. The Morgan fingerprint density at radius 1 is 1.18 bits per heavy atom. The van der Waals surface area contributed by atoms with Gasteiger partial charge in [-0.25, -0.2) is 25.2 Å². The number of rotatable bonds is 0. The van der Waals surface area contributed by atoms with Crippen molar-refractivity contribution in [2.45, 2.75) is 0 Å². The number of nitrogens with one attached hydrogen (secondary N) is 3. The molecule has 62 valence electrons. The van der Waals surface area contributed by atoms with E-state index in [1.54, 1.807) is 0 Å². The zero-order valence-electron chi connectivity index (χ0n) is 5.18. The fourth-order valence-electron chi connectivity index (χ4n) is 0.249. The van der Waals surface area contributed by atoms with Crippen LogP contribution in [0.25, 0.3) is 0 Å². The third-order valence-electron chi connectivity index (χ3n) is 0.511. The molecular formula is C3H5FN4O3. The molecular weight excluding hydrogens is 159 g/mol. The van der Waals surface area contributed by atoms with Gasteiger partial charge < -0.3 is 5.73 Å². The summed E-state index contributed by atoms with van der Waals surface area (Å²) >= 11 is 0. The van der Waals surface area contributed by atoms with E-state index in [2.05, 4.69) is 5.73 Å². The molecule has 0 saturated heterocycles. The first-order valence-electron chi connectivity index (χ1n) is 2.34. The summed E-state index contributed by atoms with van der Waals surface area (Å²) < 4.78 is 11.3. The number of urea groups is 2. The third kappa shape index (κ3) is 6.02. The van der Waals surface area contributed by atoms with Gasteiger partial charge in [-0.1, -0.05) is 0 Å². The molecule has 7 nitrogen and oxygen atoms in total. The lowest BCUT2D eigenvalue weighted by Gasteiger charge is -2.01. The second-order valence-corrected chi connectivity index (χ2v) is 1.34. The van der Waals surface area contributed by atoms with Crippen molar-refractivity contribution in [2.24, 2.45) is 5.73 Å². The lowest BCUT2D eigenvalue weighted by atomic mass is 10.9. The predicted molar refractivity (Wildman–Crippen MR) is 30.9 cm³/mol. The Labute approximate surface area is 60.1 Å². The number of carbonyl (C=O) groups excluding carboxylic acids is 3. The maximum absolute atomic E-state index is 11.3. The average Bonchev–Trinajstić information content (AvgIpc) is 1.82. The van der Waals surface area contributed by atoms with Gasteiger partial charge in [-0.15, -0.1) is 4.39 Å². The molecule has 0 aliphatic heterocycles. The van der Waals surface area contributed by atoms with Crippen LogP contribution < -0.4 is 21.9 Å². The number of amides is 5. The van der Waals surface area contributed by atoms with Crippen LogP contribution in [-0.2, 0) is 0 Å². The highest BCUT2D eigenvalue weighted by Gasteiger charge is 2.03. The molecule has 11 heavy (non-hydrogen) atoms. The molecule has 5 amide bonds. The first kappa shape index (κ1) is 9.14. The minimum Gasteiger partial charge on any atom is -0.351 e. The Morgan fingerprint density at radius 3 is 2.09 bits per heavy atom. The molecule has 0 aliphatic carbocycles. The molecule has 0 fully saturated rings. The molecule has 0 rings (SSSR count). The van der Waals surface area contributed by atoms with Crippen LogP contribution in [0.5, 0.6) is 0 Å². The van der Waals surface area contributed by atoms with E-state index in [0.717, 1.165) is 0 Å². The molecule has 5 N–H and O–H groups in total. The topological polar surface area (TPSA) is 113 Å². The van der Waals surface area contributed by atoms with Crippen LogP contribution in [0.15, 0.2) is 0 Å². The molecule has 0 aromatic rings. The van der Waals surface area contributed by atoms with E-state index >= 15 is 0 Å². The van der Waals surface area contributed by atoms with Crippen LogP contribution in [-0.4, -0.2) is 18.2 Å². The summed E-state index contributed by atoms with van der Waals surface area (Å²) in [4.78, 5) is 29.6. The van der Waals surface area contributed by atoms with Crippen molar-refractivity contribution < 1.29 is 18.8 Å². The Morgan fingerprint density at radius 2 is 1.73 bits per heavy atom. The normalized spacial score (nSPS) is 8.09. The number of hydrogen-bond acceptors (Lipinski definition) is 3. The minimum absolute atomic E-state index is 1.12. The average molecular weight is 164 g/mol. The molecule has 0 unspecified atom stereocenters. The van der Waals surface area contributed by atoms with E-state index in [4.69, 9.17) is 0 Å². The highest BCUT2D eigenvalue weighted by molar-refractivity contribution is 5.92. The van der Waals surface area contributed by atoms with Gasteiger partial charge in [0.25, 0.3) is 0 Å².